The van der Waals surface area contributed by atoms with E-state index in [1.54, 1.807) is 5.56 Å². The van der Waals surface area contributed by atoms with Gasteiger partial charge in [0.25, 0.3) is 0 Å². The number of hydrogen-bond donors (Lipinski definition) is 1. The van der Waals surface area contributed by atoms with Crippen molar-refractivity contribution >= 4 is 5.91 Å². The molecule has 2 nitrogen and oxygen atoms in total. The largest absolute Gasteiger partial charge is 0.353 e. The van der Waals surface area contributed by atoms with Gasteiger partial charge in [0.15, 0.2) is 0 Å². The first-order chi connectivity index (χ1) is 13.0. The second-order valence-electron chi connectivity index (χ2n) is 10.7. The van der Waals surface area contributed by atoms with Gasteiger partial charge in [-0.1, -0.05) is 49.1 Å². The highest BCUT2D eigenvalue weighted by Crippen LogP contribution is 2.66. The minimum atomic E-state index is 0.272. The molecule has 0 saturated heterocycles. The average molecular weight is 366 g/mol. The van der Waals surface area contributed by atoms with Gasteiger partial charge >= 0.3 is 0 Å². The summed E-state index contributed by atoms with van der Waals surface area (Å²) < 4.78 is 0. The Bertz CT molecular complexity index is 686. The van der Waals surface area contributed by atoms with E-state index in [0.29, 0.717) is 17.4 Å². The molecule has 0 aliphatic heterocycles. The molecule has 2 heteroatoms. The predicted molar refractivity (Wildman–Crippen MR) is 110 cm³/mol. The Morgan fingerprint density at radius 3 is 2.33 bits per heavy atom. The lowest BCUT2D eigenvalue weighted by Crippen LogP contribution is -2.55. The number of carbonyl (C=O) groups excluding carboxylic acids is 1. The lowest BCUT2D eigenvalue weighted by molar-refractivity contribution is -0.132. The lowest BCUT2D eigenvalue weighted by Gasteiger charge is -2.62. The van der Waals surface area contributed by atoms with E-state index in [1.807, 2.05) is 0 Å². The van der Waals surface area contributed by atoms with E-state index in [0.717, 1.165) is 18.3 Å². The molecule has 1 N–H and O–H groups in total. The third-order valence-corrected chi connectivity index (χ3v) is 8.35. The van der Waals surface area contributed by atoms with Crippen molar-refractivity contribution in [3.8, 4) is 0 Å². The molecular weight excluding hydrogens is 330 g/mol. The molecule has 5 fully saturated rings. The topological polar surface area (TPSA) is 29.1 Å². The summed E-state index contributed by atoms with van der Waals surface area (Å²) in [6.45, 7) is 2.18. The van der Waals surface area contributed by atoms with Crippen LogP contribution in [0.15, 0.2) is 24.3 Å². The molecule has 0 spiro atoms. The molecule has 6 rings (SSSR count). The summed E-state index contributed by atoms with van der Waals surface area (Å²) in [5.74, 6) is 2.04. The first-order valence-electron chi connectivity index (χ1n) is 11.4. The van der Waals surface area contributed by atoms with Crippen LogP contribution < -0.4 is 5.32 Å². The van der Waals surface area contributed by atoms with Crippen LogP contribution in [0.4, 0.5) is 0 Å². The Labute approximate surface area is 164 Å². The molecule has 2 atom stereocenters. The zero-order chi connectivity index (χ0) is 18.5. The van der Waals surface area contributed by atoms with Crippen LogP contribution in [0.2, 0.25) is 0 Å². The number of rotatable bonds is 4. The molecular formula is C25H35NO. The van der Waals surface area contributed by atoms with Gasteiger partial charge in [0.05, 0.1) is 0 Å². The van der Waals surface area contributed by atoms with Crippen LogP contribution in [-0.2, 0) is 10.2 Å². The molecule has 0 aromatic heterocycles. The van der Waals surface area contributed by atoms with Crippen LogP contribution >= 0.6 is 0 Å². The summed E-state index contributed by atoms with van der Waals surface area (Å²) in [6, 6.07) is 9.80. The van der Waals surface area contributed by atoms with Crippen LogP contribution in [0.25, 0.3) is 0 Å². The normalized spacial score (nSPS) is 38.1. The van der Waals surface area contributed by atoms with Gasteiger partial charge in [-0.25, -0.2) is 0 Å². The van der Waals surface area contributed by atoms with Crippen LogP contribution in [0, 0.1) is 24.2 Å². The third-order valence-electron chi connectivity index (χ3n) is 8.35. The van der Waals surface area contributed by atoms with Gasteiger partial charge in [0, 0.05) is 12.5 Å². The van der Waals surface area contributed by atoms with Crippen molar-refractivity contribution in [1.29, 1.82) is 0 Å². The van der Waals surface area contributed by atoms with E-state index < -0.39 is 0 Å². The fraction of sp³-hybridized carbons (Fsp3) is 0.720. The van der Waals surface area contributed by atoms with E-state index in [1.165, 1.54) is 76.2 Å². The van der Waals surface area contributed by atoms with Gasteiger partial charge in [-0.05, 0) is 86.5 Å². The van der Waals surface area contributed by atoms with Crippen molar-refractivity contribution in [2.75, 3.05) is 0 Å². The second-order valence-corrected chi connectivity index (χ2v) is 10.7. The number of carbonyl (C=O) groups is 1. The van der Waals surface area contributed by atoms with E-state index in [9.17, 15) is 4.79 Å². The minimum absolute atomic E-state index is 0.272. The number of benzene rings is 1. The highest BCUT2D eigenvalue weighted by Gasteiger charge is 2.58. The maximum Gasteiger partial charge on any atom is 0.220 e. The molecule has 1 amide bonds. The van der Waals surface area contributed by atoms with E-state index in [-0.39, 0.29) is 5.41 Å². The molecule has 4 bridgehead atoms. The van der Waals surface area contributed by atoms with Gasteiger partial charge in [0.1, 0.15) is 0 Å². The predicted octanol–water partition coefficient (Wildman–Crippen LogP) is 5.67. The molecule has 27 heavy (non-hydrogen) atoms. The van der Waals surface area contributed by atoms with Crippen molar-refractivity contribution < 1.29 is 4.79 Å². The zero-order valence-corrected chi connectivity index (χ0v) is 16.9. The number of amides is 1. The highest BCUT2D eigenvalue weighted by atomic mass is 16.1. The summed E-state index contributed by atoms with van der Waals surface area (Å²) in [4.78, 5) is 13.0. The maximum absolute atomic E-state index is 13.0. The Kier molecular flexibility index (Phi) is 4.37. The second kappa shape index (κ2) is 6.64. The number of nitrogens with one attached hydrogen (secondary N) is 1. The average Bonchev–Trinajstić information content (AvgIpc) is 2.61. The van der Waals surface area contributed by atoms with Gasteiger partial charge in [-0.15, -0.1) is 0 Å². The lowest BCUT2D eigenvalue weighted by atomic mass is 9.42. The van der Waals surface area contributed by atoms with Crippen molar-refractivity contribution in [2.24, 2.45) is 17.3 Å². The molecule has 5 aliphatic rings. The van der Waals surface area contributed by atoms with E-state index in [4.69, 9.17) is 0 Å². The smallest absolute Gasteiger partial charge is 0.220 e. The van der Waals surface area contributed by atoms with Crippen LogP contribution in [-0.4, -0.2) is 11.9 Å². The molecule has 1 aromatic rings. The Hall–Kier alpha value is -1.31. The number of hydrogen-bond acceptors (Lipinski definition) is 1. The van der Waals surface area contributed by atoms with Crippen LogP contribution in [0.3, 0.4) is 0 Å². The Morgan fingerprint density at radius 1 is 1.00 bits per heavy atom. The van der Waals surface area contributed by atoms with Crippen molar-refractivity contribution in [2.45, 2.75) is 95.4 Å². The molecule has 5 saturated carbocycles. The molecule has 146 valence electrons. The van der Waals surface area contributed by atoms with Crippen molar-refractivity contribution in [3.63, 3.8) is 0 Å². The molecule has 0 radical (unpaired) electrons. The Morgan fingerprint density at radius 2 is 1.67 bits per heavy atom. The van der Waals surface area contributed by atoms with E-state index >= 15 is 0 Å². The fourth-order valence-electron chi connectivity index (χ4n) is 7.77. The minimum Gasteiger partial charge on any atom is -0.353 e. The van der Waals surface area contributed by atoms with Gasteiger partial charge in [0.2, 0.25) is 5.91 Å². The van der Waals surface area contributed by atoms with Gasteiger partial charge < -0.3 is 5.32 Å². The number of aryl methyl sites for hydroxylation is 1. The van der Waals surface area contributed by atoms with Crippen molar-refractivity contribution in [3.05, 3.63) is 35.4 Å². The quantitative estimate of drug-likeness (QED) is 0.731. The summed E-state index contributed by atoms with van der Waals surface area (Å²) in [6.07, 6.45) is 15.1. The van der Waals surface area contributed by atoms with Crippen LogP contribution in [0.1, 0.15) is 88.2 Å². The highest BCUT2D eigenvalue weighted by molar-refractivity contribution is 5.77. The summed E-state index contributed by atoms with van der Waals surface area (Å²) in [5.41, 5.74) is 3.53. The third kappa shape index (κ3) is 3.34. The molecule has 1 aromatic carbocycles. The van der Waals surface area contributed by atoms with Crippen molar-refractivity contribution in [1.82, 2.24) is 5.32 Å². The summed E-state index contributed by atoms with van der Waals surface area (Å²) in [7, 11) is 0. The SMILES string of the molecule is Cc1ccc(C23CC4CC(CC(CC(=O)NC5CCCCC5)(C4)C2)C3)cc1. The van der Waals surface area contributed by atoms with Crippen LogP contribution in [0.5, 0.6) is 0 Å². The maximum atomic E-state index is 13.0. The monoisotopic (exact) mass is 365 g/mol. The van der Waals surface area contributed by atoms with Gasteiger partial charge in [-0.2, -0.15) is 0 Å². The fourth-order valence-corrected chi connectivity index (χ4v) is 7.77. The standard InChI is InChI=1S/C25H35NO/c1-18-7-9-21(10-8-18)25-14-19-11-20(15-25)13-24(12-19,17-25)16-23(27)26-22-5-3-2-4-6-22/h7-10,19-20,22H,2-6,11-17H2,1H3,(H,26,27). The molecule has 5 aliphatic carbocycles. The summed E-state index contributed by atoms with van der Waals surface area (Å²) >= 11 is 0. The molecule has 2 unspecified atom stereocenters. The Balaban J connectivity index is 1.35. The van der Waals surface area contributed by atoms with Gasteiger partial charge in [-0.3, -0.25) is 4.79 Å². The molecule has 0 heterocycles. The summed E-state index contributed by atoms with van der Waals surface area (Å²) in [5, 5.41) is 3.41. The first kappa shape index (κ1) is 17.8. The zero-order valence-electron chi connectivity index (χ0n) is 16.9. The first-order valence-corrected chi connectivity index (χ1v) is 11.4. The van der Waals surface area contributed by atoms with E-state index in [2.05, 4.69) is 36.5 Å².